The minimum Gasteiger partial charge on any atom is -0.384 e. The summed E-state index contributed by atoms with van der Waals surface area (Å²) in [7, 11) is 0. The highest BCUT2D eigenvalue weighted by molar-refractivity contribution is 6.30. The van der Waals surface area contributed by atoms with Gasteiger partial charge < -0.3 is 14.9 Å². The average Bonchev–Trinajstić information content (AvgIpc) is 3.00. The quantitative estimate of drug-likeness (QED) is 0.737. The molecular formula is C17H17ClN4O2. The number of aryl methyl sites for hydroxylation is 1. The van der Waals surface area contributed by atoms with Gasteiger partial charge in [0.05, 0.1) is 5.56 Å². The summed E-state index contributed by atoms with van der Waals surface area (Å²) >= 11 is 6.00. The summed E-state index contributed by atoms with van der Waals surface area (Å²) in [5, 5.41) is 18.3. The highest BCUT2D eigenvalue weighted by Crippen LogP contribution is 2.27. The summed E-state index contributed by atoms with van der Waals surface area (Å²) in [6, 6.07) is 10.8. The van der Waals surface area contributed by atoms with E-state index in [1.54, 1.807) is 44.3 Å². The van der Waals surface area contributed by atoms with Crippen molar-refractivity contribution in [1.82, 2.24) is 15.1 Å². The number of hydrogen-bond donors (Lipinski definition) is 2. The molecule has 0 radical (unpaired) electrons. The number of benzene rings is 1. The molecule has 0 saturated carbocycles. The predicted molar refractivity (Wildman–Crippen MR) is 91.8 cm³/mol. The zero-order chi connectivity index (χ0) is 17.2. The largest absolute Gasteiger partial charge is 0.384 e. The van der Waals surface area contributed by atoms with Crippen LogP contribution in [0.3, 0.4) is 0 Å². The number of nitrogens with one attached hydrogen (secondary N) is 1. The van der Waals surface area contributed by atoms with Crippen LogP contribution >= 0.6 is 11.6 Å². The van der Waals surface area contributed by atoms with Crippen LogP contribution in [0.15, 0.2) is 47.1 Å². The van der Waals surface area contributed by atoms with E-state index in [0.717, 1.165) is 0 Å². The summed E-state index contributed by atoms with van der Waals surface area (Å²) in [6.45, 7) is 3.70. The Morgan fingerprint density at radius 2 is 2.12 bits per heavy atom. The average molecular weight is 345 g/mol. The van der Waals surface area contributed by atoms with Gasteiger partial charge in [-0.1, -0.05) is 28.9 Å². The van der Waals surface area contributed by atoms with Crippen molar-refractivity contribution in [1.29, 1.82) is 0 Å². The van der Waals surface area contributed by atoms with Gasteiger partial charge in [0.15, 0.2) is 5.82 Å². The third-order valence-corrected chi connectivity index (χ3v) is 3.85. The Hall–Kier alpha value is -2.44. The Morgan fingerprint density at radius 1 is 1.29 bits per heavy atom. The molecule has 3 rings (SSSR count). The van der Waals surface area contributed by atoms with Gasteiger partial charge in [-0.05, 0) is 43.7 Å². The van der Waals surface area contributed by atoms with Crippen LogP contribution in [0.4, 0.5) is 5.82 Å². The van der Waals surface area contributed by atoms with E-state index in [-0.39, 0.29) is 6.54 Å². The normalized spacial score (nSPS) is 13.5. The molecule has 0 aliphatic rings. The molecule has 0 fully saturated rings. The predicted octanol–water partition coefficient (Wildman–Crippen LogP) is 3.41. The number of halogens is 1. The summed E-state index contributed by atoms with van der Waals surface area (Å²) in [4.78, 5) is 8.52. The Kier molecular flexibility index (Phi) is 4.51. The maximum absolute atomic E-state index is 10.7. The zero-order valence-corrected chi connectivity index (χ0v) is 14.1. The summed E-state index contributed by atoms with van der Waals surface area (Å²) < 4.78 is 5.20. The maximum Gasteiger partial charge on any atom is 0.261 e. The van der Waals surface area contributed by atoms with Crippen LogP contribution in [0.1, 0.15) is 18.3 Å². The topological polar surface area (TPSA) is 84.1 Å². The molecule has 0 spiro atoms. The van der Waals surface area contributed by atoms with Crippen molar-refractivity contribution in [2.45, 2.75) is 19.4 Å². The van der Waals surface area contributed by atoms with Gasteiger partial charge in [-0.25, -0.2) is 4.98 Å². The lowest BCUT2D eigenvalue weighted by Gasteiger charge is -2.25. The maximum atomic E-state index is 10.7. The lowest BCUT2D eigenvalue weighted by Crippen LogP contribution is -2.31. The van der Waals surface area contributed by atoms with Crippen molar-refractivity contribution in [3.05, 3.63) is 59.0 Å². The number of rotatable bonds is 5. The van der Waals surface area contributed by atoms with Gasteiger partial charge in [0.2, 0.25) is 0 Å². The molecule has 0 amide bonds. The molecule has 0 saturated heterocycles. The molecule has 1 atom stereocenters. The van der Waals surface area contributed by atoms with Crippen molar-refractivity contribution >= 4 is 17.4 Å². The van der Waals surface area contributed by atoms with Crippen LogP contribution in [-0.4, -0.2) is 26.8 Å². The van der Waals surface area contributed by atoms with Crippen molar-refractivity contribution in [3.8, 4) is 11.5 Å². The van der Waals surface area contributed by atoms with Gasteiger partial charge in [0, 0.05) is 17.8 Å². The molecule has 0 aliphatic heterocycles. The Labute approximate surface area is 144 Å². The van der Waals surface area contributed by atoms with Gasteiger partial charge in [-0.3, -0.25) is 0 Å². The molecule has 2 heterocycles. The van der Waals surface area contributed by atoms with Crippen LogP contribution < -0.4 is 5.32 Å². The van der Waals surface area contributed by atoms with Crippen LogP contribution in [0.5, 0.6) is 0 Å². The van der Waals surface area contributed by atoms with Gasteiger partial charge in [0.25, 0.3) is 5.89 Å². The number of anilines is 1. The number of hydrogen-bond acceptors (Lipinski definition) is 6. The van der Waals surface area contributed by atoms with E-state index in [4.69, 9.17) is 16.1 Å². The Balaban J connectivity index is 1.82. The van der Waals surface area contributed by atoms with E-state index >= 15 is 0 Å². The summed E-state index contributed by atoms with van der Waals surface area (Å²) in [6.07, 6.45) is 1.66. The van der Waals surface area contributed by atoms with Gasteiger partial charge in [0.1, 0.15) is 11.4 Å². The highest BCUT2D eigenvalue weighted by atomic mass is 35.5. The van der Waals surface area contributed by atoms with E-state index < -0.39 is 5.60 Å². The first-order valence-electron chi connectivity index (χ1n) is 7.44. The monoisotopic (exact) mass is 344 g/mol. The number of aromatic nitrogens is 3. The fraction of sp³-hybridized carbons (Fsp3) is 0.235. The van der Waals surface area contributed by atoms with Crippen molar-refractivity contribution in [2.75, 3.05) is 11.9 Å². The fourth-order valence-corrected chi connectivity index (χ4v) is 2.50. The zero-order valence-electron chi connectivity index (χ0n) is 13.3. The molecular weight excluding hydrogens is 328 g/mol. The molecule has 2 N–H and O–H groups in total. The number of pyridine rings is 1. The minimum absolute atomic E-state index is 0.241. The molecule has 0 aliphatic carbocycles. The molecule has 1 unspecified atom stereocenters. The third kappa shape index (κ3) is 3.55. The van der Waals surface area contributed by atoms with E-state index in [2.05, 4.69) is 20.4 Å². The lowest BCUT2D eigenvalue weighted by atomic mass is 9.96. The molecule has 124 valence electrons. The molecule has 2 aromatic heterocycles. The van der Waals surface area contributed by atoms with Gasteiger partial charge in [-0.15, -0.1) is 0 Å². The molecule has 1 aromatic carbocycles. The smallest absolute Gasteiger partial charge is 0.261 e. The number of nitrogens with zero attached hydrogens (tertiary/aromatic N) is 3. The molecule has 24 heavy (non-hydrogen) atoms. The molecule has 7 heteroatoms. The number of aliphatic hydroxyl groups is 1. The highest BCUT2D eigenvalue weighted by Gasteiger charge is 2.24. The SMILES string of the molecule is Cc1noc(-c2cccnc2NCC(C)(O)c2cccc(Cl)c2)n1. The van der Waals surface area contributed by atoms with Crippen LogP contribution in [0.25, 0.3) is 11.5 Å². The standard InChI is InChI=1S/C17H17ClN4O2/c1-11-21-16(24-22-11)14-7-4-8-19-15(14)20-10-17(2,23)12-5-3-6-13(18)9-12/h3-9,23H,10H2,1-2H3,(H,19,20). The second kappa shape index (κ2) is 6.59. The van der Waals surface area contributed by atoms with Crippen molar-refractivity contribution < 1.29 is 9.63 Å². The van der Waals surface area contributed by atoms with Crippen LogP contribution in [0, 0.1) is 6.92 Å². The van der Waals surface area contributed by atoms with E-state index in [1.165, 1.54) is 0 Å². The first-order valence-corrected chi connectivity index (χ1v) is 7.81. The second-order valence-electron chi connectivity index (χ2n) is 5.68. The second-order valence-corrected chi connectivity index (χ2v) is 6.12. The Morgan fingerprint density at radius 3 is 2.83 bits per heavy atom. The minimum atomic E-state index is -1.12. The van der Waals surface area contributed by atoms with Crippen molar-refractivity contribution in [2.24, 2.45) is 0 Å². The van der Waals surface area contributed by atoms with Gasteiger partial charge >= 0.3 is 0 Å². The summed E-state index contributed by atoms with van der Waals surface area (Å²) in [5.41, 5.74) is 0.276. The van der Waals surface area contributed by atoms with E-state index in [9.17, 15) is 5.11 Å². The molecule has 3 aromatic rings. The summed E-state index contributed by atoms with van der Waals surface area (Å²) in [5.74, 6) is 1.49. The fourth-order valence-electron chi connectivity index (χ4n) is 2.31. The Bertz CT molecular complexity index is 848. The van der Waals surface area contributed by atoms with Crippen molar-refractivity contribution in [3.63, 3.8) is 0 Å². The first-order chi connectivity index (χ1) is 11.5. The van der Waals surface area contributed by atoms with E-state index in [0.29, 0.717) is 33.7 Å². The molecule has 0 bridgehead atoms. The first kappa shape index (κ1) is 16.4. The van der Waals surface area contributed by atoms with E-state index in [1.807, 2.05) is 12.1 Å². The third-order valence-electron chi connectivity index (χ3n) is 3.61. The van der Waals surface area contributed by atoms with Gasteiger partial charge in [-0.2, -0.15) is 4.98 Å². The van der Waals surface area contributed by atoms with Crippen LogP contribution in [-0.2, 0) is 5.60 Å². The lowest BCUT2D eigenvalue weighted by molar-refractivity contribution is 0.0714. The molecule has 6 nitrogen and oxygen atoms in total. The van der Waals surface area contributed by atoms with Crippen LogP contribution in [0.2, 0.25) is 5.02 Å².